The third-order valence-electron chi connectivity index (χ3n) is 2.49. The molecule has 0 bridgehead atoms. The fraction of sp³-hybridized carbons (Fsp3) is 0.714. The van der Waals surface area contributed by atoms with Crippen molar-refractivity contribution in [3.05, 3.63) is 12.2 Å². The first-order valence-corrected chi connectivity index (χ1v) is 6.12. The maximum absolute atomic E-state index is 11.9. The second-order valence-electron chi connectivity index (χ2n) is 6.14. The van der Waals surface area contributed by atoms with Gasteiger partial charge in [-0.3, -0.25) is 4.79 Å². The molecule has 0 saturated heterocycles. The summed E-state index contributed by atoms with van der Waals surface area (Å²) in [7, 11) is 0. The molecular weight excluding hydrogens is 248 g/mol. The third kappa shape index (κ3) is 6.38. The second-order valence-corrected chi connectivity index (χ2v) is 6.14. The van der Waals surface area contributed by atoms with Gasteiger partial charge in [-0.25, -0.2) is 4.79 Å². The molecule has 0 saturated carbocycles. The van der Waals surface area contributed by atoms with E-state index in [4.69, 9.17) is 14.6 Å². The molecule has 0 spiro atoms. The van der Waals surface area contributed by atoms with Crippen LogP contribution >= 0.6 is 0 Å². The summed E-state index contributed by atoms with van der Waals surface area (Å²) < 4.78 is 10.1. The first-order valence-electron chi connectivity index (χ1n) is 6.12. The average Bonchev–Trinajstić information content (AvgIpc) is 2.32. The van der Waals surface area contributed by atoms with Crippen LogP contribution in [0.2, 0.25) is 0 Å². The molecule has 0 rings (SSSR count). The Bertz CT molecular complexity index is 355. The van der Waals surface area contributed by atoms with E-state index in [1.54, 1.807) is 27.7 Å². The summed E-state index contributed by atoms with van der Waals surface area (Å²) in [5.41, 5.74) is -1.14. The Hall–Kier alpha value is -1.36. The summed E-state index contributed by atoms with van der Waals surface area (Å²) in [4.78, 5) is 23.2. The van der Waals surface area contributed by atoms with Crippen molar-refractivity contribution in [3.63, 3.8) is 0 Å². The molecule has 0 aliphatic rings. The number of ether oxygens (including phenoxy) is 2. The van der Waals surface area contributed by atoms with Crippen LogP contribution in [0.1, 0.15) is 34.6 Å². The van der Waals surface area contributed by atoms with Crippen molar-refractivity contribution in [1.29, 1.82) is 0 Å². The van der Waals surface area contributed by atoms with Gasteiger partial charge in [-0.05, 0) is 20.8 Å². The van der Waals surface area contributed by atoms with E-state index in [9.17, 15) is 9.59 Å². The van der Waals surface area contributed by atoms with Crippen molar-refractivity contribution in [2.75, 3.05) is 19.8 Å². The molecule has 0 amide bonds. The third-order valence-corrected chi connectivity index (χ3v) is 2.49. The number of hydrogen-bond acceptors (Lipinski definition) is 5. The van der Waals surface area contributed by atoms with Gasteiger partial charge in [0, 0.05) is 11.0 Å². The predicted octanol–water partition coefficient (Wildman–Crippen LogP) is 1.69. The van der Waals surface area contributed by atoms with Gasteiger partial charge in [0.25, 0.3) is 0 Å². The molecule has 0 aromatic carbocycles. The fourth-order valence-electron chi connectivity index (χ4n) is 0.930. The monoisotopic (exact) mass is 272 g/mol. The van der Waals surface area contributed by atoms with Gasteiger partial charge < -0.3 is 14.6 Å². The standard InChI is InChI=1S/C14H24O5/c1-10(2)11(16)18-9-14(5,6)12(17)19-8-13(3,4)7-15/h15H,1,7-9H2,2-6H3. The van der Waals surface area contributed by atoms with Crippen LogP contribution in [0, 0.1) is 10.8 Å². The molecule has 0 unspecified atom stereocenters. The number of hydrogen-bond donors (Lipinski definition) is 1. The van der Waals surface area contributed by atoms with E-state index in [0.717, 1.165) is 0 Å². The minimum Gasteiger partial charge on any atom is -0.465 e. The molecule has 0 heterocycles. The Labute approximate surface area is 114 Å². The molecule has 0 radical (unpaired) electrons. The Morgan fingerprint density at radius 1 is 1.11 bits per heavy atom. The first-order chi connectivity index (χ1) is 8.52. The molecule has 0 aliphatic carbocycles. The van der Waals surface area contributed by atoms with Crippen molar-refractivity contribution in [1.82, 2.24) is 0 Å². The molecular formula is C14H24O5. The van der Waals surface area contributed by atoms with Crippen molar-refractivity contribution >= 4 is 11.9 Å². The molecule has 1 N–H and O–H groups in total. The highest BCUT2D eigenvalue weighted by Gasteiger charge is 2.32. The highest BCUT2D eigenvalue weighted by Crippen LogP contribution is 2.21. The summed E-state index contributed by atoms with van der Waals surface area (Å²) in [6, 6.07) is 0. The SMILES string of the molecule is C=C(C)C(=O)OCC(C)(C)C(=O)OCC(C)(C)CO. The maximum Gasteiger partial charge on any atom is 0.333 e. The lowest BCUT2D eigenvalue weighted by molar-refractivity contribution is -0.163. The van der Waals surface area contributed by atoms with Crippen LogP contribution in [-0.2, 0) is 19.1 Å². The number of rotatable bonds is 7. The topological polar surface area (TPSA) is 72.8 Å². The largest absolute Gasteiger partial charge is 0.465 e. The summed E-state index contributed by atoms with van der Waals surface area (Å²) >= 11 is 0. The average molecular weight is 272 g/mol. The highest BCUT2D eigenvalue weighted by molar-refractivity contribution is 5.87. The molecule has 19 heavy (non-hydrogen) atoms. The van der Waals surface area contributed by atoms with Crippen LogP contribution in [0.25, 0.3) is 0 Å². The molecule has 5 heteroatoms. The van der Waals surface area contributed by atoms with Gasteiger partial charge in [0.1, 0.15) is 6.61 Å². The fourth-order valence-corrected chi connectivity index (χ4v) is 0.930. The normalized spacial score (nSPS) is 11.9. The summed E-state index contributed by atoms with van der Waals surface area (Å²) in [5.74, 6) is -1.000. The van der Waals surface area contributed by atoms with Gasteiger partial charge in [-0.1, -0.05) is 20.4 Å². The number of esters is 2. The van der Waals surface area contributed by atoms with Crippen molar-refractivity contribution in [2.24, 2.45) is 10.8 Å². The Morgan fingerprint density at radius 3 is 2.05 bits per heavy atom. The quantitative estimate of drug-likeness (QED) is 0.564. The number of aliphatic hydroxyl groups excluding tert-OH is 1. The zero-order chi connectivity index (χ0) is 15.3. The van der Waals surface area contributed by atoms with E-state index in [1.165, 1.54) is 6.92 Å². The lowest BCUT2D eigenvalue weighted by Gasteiger charge is -2.26. The number of aliphatic hydroxyl groups is 1. The second kappa shape index (κ2) is 6.70. The van der Waals surface area contributed by atoms with Crippen LogP contribution in [0.3, 0.4) is 0 Å². The van der Waals surface area contributed by atoms with Crippen molar-refractivity contribution < 1.29 is 24.2 Å². The van der Waals surface area contributed by atoms with Crippen molar-refractivity contribution in [3.8, 4) is 0 Å². The van der Waals surface area contributed by atoms with E-state index < -0.39 is 22.8 Å². The summed E-state index contributed by atoms with van der Waals surface area (Å²) in [6.07, 6.45) is 0. The predicted molar refractivity (Wildman–Crippen MR) is 71.4 cm³/mol. The van der Waals surface area contributed by atoms with Crippen LogP contribution in [0.4, 0.5) is 0 Å². The first kappa shape index (κ1) is 17.6. The lowest BCUT2D eigenvalue weighted by Crippen LogP contribution is -2.35. The Morgan fingerprint density at radius 2 is 1.63 bits per heavy atom. The van der Waals surface area contributed by atoms with Gasteiger partial charge >= 0.3 is 11.9 Å². The minimum atomic E-state index is -0.934. The van der Waals surface area contributed by atoms with Gasteiger partial charge in [0.05, 0.1) is 18.6 Å². The lowest BCUT2D eigenvalue weighted by atomic mass is 9.94. The molecule has 5 nitrogen and oxygen atoms in total. The molecule has 0 fully saturated rings. The van der Waals surface area contributed by atoms with Gasteiger partial charge in [-0.2, -0.15) is 0 Å². The van der Waals surface area contributed by atoms with Gasteiger partial charge in [0.15, 0.2) is 0 Å². The van der Waals surface area contributed by atoms with E-state index >= 15 is 0 Å². The molecule has 0 aromatic rings. The van der Waals surface area contributed by atoms with E-state index in [-0.39, 0.29) is 25.4 Å². The van der Waals surface area contributed by atoms with Gasteiger partial charge in [-0.15, -0.1) is 0 Å². The summed E-state index contributed by atoms with van der Waals surface area (Å²) in [5, 5.41) is 9.08. The maximum atomic E-state index is 11.9. The molecule has 0 atom stereocenters. The van der Waals surface area contributed by atoms with E-state index in [0.29, 0.717) is 0 Å². The van der Waals surface area contributed by atoms with Crippen LogP contribution in [0.5, 0.6) is 0 Å². The van der Waals surface area contributed by atoms with Crippen molar-refractivity contribution in [2.45, 2.75) is 34.6 Å². The zero-order valence-electron chi connectivity index (χ0n) is 12.4. The minimum absolute atomic E-state index is 0.0723. The van der Waals surface area contributed by atoms with Crippen LogP contribution < -0.4 is 0 Å². The van der Waals surface area contributed by atoms with E-state index in [1.807, 2.05) is 0 Å². The summed E-state index contributed by atoms with van der Waals surface area (Å²) in [6.45, 7) is 11.8. The number of carbonyl (C=O) groups is 2. The van der Waals surface area contributed by atoms with E-state index in [2.05, 4.69) is 6.58 Å². The molecule has 0 aliphatic heterocycles. The van der Waals surface area contributed by atoms with Crippen LogP contribution in [-0.4, -0.2) is 36.9 Å². The van der Waals surface area contributed by atoms with Gasteiger partial charge in [0.2, 0.25) is 0 Å². The highest BCUT2D eigenvalue weighted by atomic mass is 16.6. The zero-order valence-corrected chi connectivity index (χ0v) is 12.4. The molecule has 0 aromatic heterocycles. The Balaban J connectivity index is 4.36. The Kier molecular flexibility index (Phi) is 6.22. The van der Waals surface area contributed by atoms with Crippen LogP contribution in [0.15, 0.2) is 12.2 Å². The number of carbonyl (C=O) groups excluding carboxylic acids is 2. The smallest absolute Gasteiger partial charge is 0.333 e. The molecule has 110 valence electrons.